The molecule has 0 bridgehead atoms. The Bertz CT molecular complexity index is 1330. The fourth-order valence-corrected chi connectivity index (χ4v) is 3.76. The van der Waals surface area contributed by atoms with E-state index in [2.05, 4.69) is 45.0 Å². The van der Waals surface area contributed by atoms with E-state index in [9.17, 15) is 0 Å². The van der Waals surface area contributed by atoms with Crippen LogP contribution in [0.25, 0.3) is 44.2 Å². The molecule has 0 aliphatic rings. The highest BCUT2D eigenvalue weighted by Crippen LogP contribution is 2.39. The van der Waals surface area contributed by atoms with Crippen LogP contribution in [-0.2, 0) is 5.41 Å². The summed E-state index contributed by atoms with van der Waals surface area (Å²) in [5, 5.41) is 2.24. The van der Waals surface area contributed by atoms with Crippen molar-refractivity contribution in [3.63, 3.8) is 0 Å². The minimum atomic E-state index is -0.0967. The van der Waals surface area contributed by atoms with Crippen molar-refractivity contribution in [3.8, 4) is 11.3 Å². The number of aromatic nitrogens is 2. The molecular weight excluding hydrogens is 344 g/mol. The Morgan fingerprint density at radius 2 is 1.46 bits per heavy atom. The molecule has 0 fully saturated rings. The maximum atomic E-state index is 6.28. The van der Waals surface area contributed by atoms with Crippen LogP contribution in [0.15, 0.2) is 71.1 Å². The van der Waals surface area contributed by atoms with Gasteiger partial charge in [-0.05, 0) is 30.7 Å². The van der Waals surface area contributed by atoms with Crippen LogP contribution in [0.3, 0.4) is 0 Å². The summed E-state index contributed by atoms with van der Waals surface area (Å²) in [6.45, 7) is 6.66. The zero-order valence-corrected chi connectivity index (χ0v) is 16.4. The highest BCUT2D eigenvalue weighted by atomic mass is 16.3. The summed E-state index contributed by atoms with van der Waals surface area (Å²) in [6.07, 6.45) is 0.975. The predicted molar refractivity (Wildman–Crippen MR) is 116 cm³/mol. The van der Waals surface area contributed by atoms with E-state index in [1.807, 2.05) is 42.5 Å². The number of hydrogen-bond donors (Lipinski definition) is 0. The Hall–Kier alpha value is -3.20. The lowest BCUT2D eigenvalue weighted by Gasteiger charge is -2.25. The highest BCUT2D eigenvalue weighted by Gasteiger charge is 2.27. The first-order valence-corrected chi connectivity index (χ1v) is 9.76. The maximum absolute atomic E-state index is 6.28. The summed E-state index contributed by atoms with van der Waals surface area (Å²) in [5.41, 5.74) is 6.44. The molecule has 28 heavy (non-hydrogen) atoms. The normalized spacial score (nSPS) is 12.2. The van der Waals surface area contributed by atoms with Gasteiger partial charge in [0.15, 0.2) is 0 Å². The molecule has 0 aliphatic carbocycles. The molecule has 0 saturated heterocycles. The van der Waals surface area contributed by atoms with Crippen LogP contribution < -0.4 is 0 Å². The van der Waals surface area contributed by atoms with Crippen LogP contribution in [0.4, 0.5) is 0 Å². The molecule has 0 spiro atoms. The Morgan fingerprint density at radius 1 is 0.786 bits per heavy atom. The quantitative estimate of drug-likeness (QED) is 0.349. The van der Waals surface area contributed by atoms with Gasteiger partial charge in [-0.2, -0.15) is 0 Å². The van der Waals surface area contributed by atoms with Gasteiger partial charge in [-0.15, -0.1) is 0 Å². The molecule has 5 rings (SSSR count). The molecule has 138 valence electrons. The average molecular weight is 366 g/mol. The van der Waals surface area contributed by atoms with Crippen molar-refractivity contribution >= 4 is 33.0 Å². The molecule has 0 N–H and O–H groups in total. The van der Waals surface area contributed by atoms with Gasteiger partial charge in [0.05, 0.1) is 22.4 Å². The first-order valence-electron chi connectivity index (χ1n) is 9.76. The zero-order chi connectivity index (χ0) is 19.3. The van der Waals surface area contributed by atoms with E-state index < -0.39 is 0 Å². The van der Waals surface area contributed by atoms with Crippen molar-refractivity contribution in [2.45, 2.75) is 32.6 Å². The Morgan fingerprint density at radius 3 is 2.25 bits per heavy atom. The molecule has 0 unspecified atom stereocenters. The highest BCUT2D eigenvalue weighted by molar-refractivity contribution is 6.09. The van der Waals surface area contributed by atoms with Crippen LogP contribution in [0.5, 0.6) is 0 Å². The van der Waals surface area contributed by atoms with Gasteiger partial charge in [-0.3, -0.25) is 0 Å². The lowest BCUT2D eigenvalue weighted by atomic mass is 9.83. The largest absolute Gasteiger partial charge is 0.455 e. The first kappa shape index (κ1) is 16.9. The van der Waals surface area contributed by atoms with Gasteiger partial charge in [0.2, 0.25) is 0 Å². The van der Waals surface area contributed by atoms with Crippen LogP contribution in [0, 0.1) is 0 Å². The number of fused-ring (bicyclic) bond motifs is 4. The van der Waals surface area contributed by atoms with Gasteiger partial charge in [-0.1, -0.05) is 63.2 Å². The van der Waals surface area contributed by atoms with Crippen LogP contribution in [0.2, 0.25) is 0 Å². The van der Waals surface area contributed by atoms with E-state index in [-0.39, 0.29) is 5.41 Å². The molecule has 0 amide bonds. The third-order valence-electron chi connectivity index (χ3n) is 5.75. The average Bonchev–Trinajstić information content (AvgIpc) is 3.11. The number of nitrogens with zero attached hydrogens (tertiary/aromatic N) is 2. The van der Waals surface area contributed by atoms with Crippen molar-refractivity contribution < 1.29 is 4.42 Å². The number of para-hydroxylation sites is 4. The number of hydrogen-bond acceptors (Lipinski definition) is 3. The van der Waals surface area contributed by atoms with Crippen molar-refractivity contribution in [1.29, 1.82) is 0 Å². The third kappa shape index (κ3) is 2.50. The summed E-state index contributed by atoms with van der Waals surface area (Å²) >= 11 is 0. The van der Waals surface area contributed by atoms with E-state index >= 15 is 0 Å². The molecule has 5 aromatic rings. The second kappa shape index (κ2) is 6.16. The van der Waals surface area contributed by atoms with Gasteiger partial charge in [0.1, 0.15) is 11.2 Å². The summed E-state index contributed by atoms with van der Waals surface area (Å²) in [7, 11) is 0. The number of rotatable bonds is 3. The van der Waals surface area contributed by atoms with Crippen LogP contribution >= 0.6 is 0 Å². The van der Waals surface area contributed by atoms with E-state index in [0.717, 1.165) is 56.3 Å². The summed E-state index contributed by atoms with van der Waals surface area (Å²) in [6, 6.07) is 22.5. The van der Waals surface area contributed by atoms with Gasteiger partial charge >= 0.3 is 0 Å². The van der Waals surface area contributed by atoms with E-state index in [4.69, 9.17) is 14.4 Å². The molecule has 0 atom stereocenters. The smallest absolute Gasteiger partial charge is 0.144 e. The van der Waals surface area contributed by atoms with E-state index in [1.165, 1.54) is 0 Å². The zero-order valence-electron chi connectivity index (χ0n) is 16.4. The van der Waals surface area contributed by atoms with Crippen molar-refractivity contribution in [3.05, 3.63) is 72.4 Å². The fraction of sp³-hybridized carbons (Fsp3) is 0.200. The molecule has 2 heterocycles. The van der Waals surface area contributed by atoms with Crippen molar-refractivity contribution in [1.82, 2.24) is 9.97 Å². The second-order valence-corrected chi connectivity index (χ2v) is 7.93. The summed E-state index contributed by atoms with van der Waals surface area (Å²) in [4.78, 5) is 10.1. The second-order valence-electron chi connectivity index (χ2n) is 7.93. The Balaban J connectivity index is 1.89. The molecule has 3 nitrogen and oxygen atoms in total. The molecule has 0 aliphatic heterocycles. The minimum Gasteiger partial charge on any atom is -0.455 e. The van der Waals surface area contributed by atoms with Gasteiger partial charge < -0.3 is 4.42 Å². The van der Waals surface area contributed by atoms with Gasteiger partial charge in [0, 0.05) is 21.8 Å². The minimum absolute atomic E-state index is 0.0967. The van der Waals surface area contributed by atoms with Gasteiger partial charge in [0.25, 0.3) is 0 Å². The molecule has 0 radical (unpaired) electrons. The number of benzene rings is 3. The van der Waals surface area contributed by atoms with Crippen molar-refractivity contribution in [2.24, 2.45) is 0 Å². The first-order chi connectivity index (χ1) is 13.6. The topological polar surface area (TPSA) is 38.9 Å². The molecular formula is C25H22N2O. The Kier molecular flexibility index (Phi) is 3.73. The summed E-state index contributed by atoms with van der Waals surface area (Å²) in [5.74, 6) is 0. The number of furan rings is 1. The maximum Gasteiger partial charge on any atom is 0.144 e. The predicted octanol–water partition coefficient (Wildman–Crippen LogP) is 6.88. The molecule has 0 saturated carbocycles. The van der Waals surface area contributed by atoms with E-state index in [1.54, 1.807) is 0 Å². The van der Waals surface area contributed by atoms with Gasteiger partial charge in [-0.25, -0.2) is 9.97 Å². The lowest BCUT2D eigenvalue weighted by molar-refractivity contribution is 0.492. The SMILES string of the molecule is CCC(C)(C)c1nc2ccccc2nc1-c1cccc2c1oc1ccccc12. The summed E-state index contributed by atoms with van der Waals surface area (Å²) < 4.78 is 6.28. The van der Waals surface area contributed by atoms with E-state index in [0.29, 0.717) is 0 Å². The van der Waals surface area contributed by atoms with Crippen molar-refractivity contribution in [2.75, 3.05) is 0 Å². The Labute approximate surface area is 164 Å². The van der Waals surface area contributed by atoms with Crippen LogP contribution in [-0.4, -0.2) is 9.97 Å². The fourth-order valence-electron chi connectivity index (χ4n) is 3.76. The lowest BCUT2D eigenvalue weighted by Crippen LogP contribution is -2.20. The third-order valence-corrected chi connectivity index (χ3v) is 5.75. The van der Waals surface area contributed by atoms with Crippen LogP contribution in [0.1, 0.15) is 32.9 Å². The standard InChI is InChI=1S/C25H22N2O/c1-4-25(2,3)24-22(26-19-13-6-7-14-20(19)27-24)18-12-9-11-17-16-10-5-8-15-21(16)28-23(17)18/h5-15H,4H2,1-3H3. The molecule has 3 aromatic carbocycles. The monoisotopic (exact) mass is 366 g/mol. The molecule has 2 aromatic heterocycles. The molecule has 3 heteroatoms.